The Balaban J connectivity index is 1.38. The second-order valence-electron chi connectivity index (χ2n) is 9.93. The number of thioether (sulfide) groups is 1. The van der Waals surface area contributed by atoms with Crippen molar-refractivity contribution in [2.45, 2.75) is 52.1 Å². The first-order chi connectivity index (χ1) is 18.8. The molecule has 11 heteroatoms. The molecule has 5 rings (SSSR count). The Morgan fingerprint density at radius 3 is 2.64 bits per heavy atom. The van der Waals surface area contributed by atoms with E-state index in [0.717, 1.165) is 23.7 Å². The topological polar surface area (TPSA) is 145 Å². The number of likely N-dealkylation sites (tertiary alicyclic amines) is 1. The number of nitrogens with one attached hydrogen (secondary N) is 3. The number of nitrogens with zero attached hydrogens (tertiary/aromatic N) is 3. The SMILES string of the molecule is CC(C)C(=N)SC(=N)c1ccc(Oc2cc(-c3noc(C4CCC(=O)N4)n3)ccc2CN2CCCC2=O)cc1. The summed E-state index contributed by atoms with van der Waals surface area (Å²) in [7, 11) is 0. The molecule has 0 aliphatic carbocycles. The zero-order valence-electron chi connectivity index (χ0n) is 21.8. The Morgan fingerprint density at radius 1 is 1.18 bits per heavy atom. The van der Waals surface area contributed by atoms with Crippen LogP contribution in [0.2, 0.25) is 0 Å². The maximum atomic E-state index is 12.3. The molecule has 0 saturated carbocycles. The van der Waals surface area contributed by atoms with Crippen molar-refractivity contribution >= 4 is 33.7 Å². The molecule has 0 radical (unpaired) electrons. The average Bonchev–Trinajstić information content (AvgIpc) is 3.67. The lowest BCUT2D eigenvalue weighted by molar-refractivity contribution is -0.128. The van der Waals surface area contributed by atoms with Gasteiger partial charge in [-0.25, -0.2) is 0 Å². The van der Waals surface area contributed by atoms with Gasteiger partial charge in [0.15, 0.2) is 0 Å². The van der Waals surface area contributed by atoms with Crippen LogP contribution < -0.4 is 10.1 Å². The van der Waals surface area contributed by atoms with Crippen LogP contribution in [-0.2, 0) is 16.1 Å². The second kappa shape index (κ2) is 11.4. The van der Waals surface area contributed by atoms with Gasteiger partial charge in [0.1, 0.15) is 22.6 Å². The largest absolute Gasteiger partial charge is 0.457 e. The van der Waals surface area contributed by atoms with Crippen molar-refractivity contribution in [2.24, 2.45) is 5.92 Å². The number of carbonyl (C=O) groups excluding carboxylic acids is 2. The van der Waals surface area contributed by atoms with Gasteiger partial charge in [-0.05, 0) is 43.2 Å². The van der Waals surface area contributed by atoms with Crippen LogP contribution in [0.15, 0.2) is 47.0 Å². The number of hydrogen-bond acceptors (Lipinski definition) is 9. The summed E-state index contributed by atoms with van der Waals surface area (Å²) in [6, 6.07) is 12.5. The van der Waals surface area contributed by atoms with E-state index in [1.165, 1.54) is 0 Å². The Labute approximate surface area is 230 Å². The number of benzene rings is 2. The van der Waals surface area contributed by atoms with Crippen LogP contribution >= 0.6 is 11.8 Å². The van der Waals surface area contributed by atoms with Crippen LogP contribution in [-0.4, -0.2) is 43.5 Å². The predicted molar refractivity (Wildman–Crippen MR) is 148 cm³/mol. The fraction of sp³-hybridized carbons (Fsp3) is 0.357. The second-order valence-corrected chi connectivity index (χ2v) is 11.0. The number of amides is 2. The quantitative estimate of drug-likeness (QED) is 0.257. The smallest absolute Gasteiger partial charge is 0.249 e. The predicted octanol–water partition coefficient (Wildman–Crippen LogP) is 5.29. The van der Waals surface area contributed by atoms with Crippen LogP contribution in [0.4, 0.5) is 0 Å². The van der Waals surface area contributed by atoms with Crippen molar-refractivity contribution in [1.82, 2.24) is 20.4 Å². The molecular weight excluding hydrogens is 516 g/mol. The molecule has 2 amide bonds. The standard InChI is InChI=1S/C28H30N6O4S/c1-16(2)25(29)39-26(30)17-7-9-20(10-8-17)37-22-14-18(5-6-19(22)15-34-13-3-4-24(34)36)27-32-28(38-33-27)21-11-12-23(35)31-21/h5-10,14,16,21,29-30H,3-4,11-13,15H2,1-2H3,(H,31,35). The molecule has 3 N–H and O–H groups in total. The summed E-state index contributed by atoms with van der Waals surface area (Å²) >= 11 is 1.14. The highest BCUT2D eigenvalue weighted by Gasteiger charge is 2.28. The molecule has 1 unspecified atom stereocenters. The van der Waals surface area contributed by atoms with Crippen LogP contribution in [0.1, 0.15) is 62.6 Å². The van der Waals surface area contributed by atoms with E-state index in [1.54, 1.807) is 24.3 Å². The Kier molecular flexibility index (Phi) is 7.78. The number of rotatable bonds is 8. The van der Waals surface area contributed by atoms with Gasteiger partial charge in [0.25, 0.3) is 0 Å². The van der Waals surface area contributed by atoms with E-state index < -0.39 is 0 Å². The highest BCUT2D eigenvalue weighted by Crippen LogP contribution is 2.33. The molecule has 10 nitrogen and oxygen atoms in total. The van der Waals surface area contributed by atoms with Crippen molar-refractivity contribution in [2.75, 3.05) is 6.54 Å². The van der Waals surface area contributed by atoms with Crippen molar-refractivity contribution in [1.29, 1.82) is 10.8 Å². The maximum Gasteiger partial charge on any atom is 0.249 e. The summed E-state index contributed by atoms with van der Waals surface area (Å²) in [4.78, 5) is 30.2. The average molecular weight is 547 g/mol. The highest BCUT2D eigenvalue weighted by molar-refractivity contribution is 8.26. The first-order valence-electron chi connectivity index (χ1n) is 12.9. The van der Waals surface area contributed by atoms with E-state index in [4.69, 9.17) is 20.1 Å². The van der Waals surface area contributed by atoms with Crippen LogP contribution in [0, 0.1) is 16.7 Å². The van der Waals surface area contributed by atoms with Crippen molar-refractivity contribution in [3.63, 3.8) is 0 Å². The van der Waals surface area contributed by atoms with Crippen molar-refractivity contribution in [3.05, 3.63) is 59.5 Å². The molecule has 1 atom stereocenters. The molecule has 2 aromatic carbocycles. The molecule has 2 aliphatic heterocycles. The molecule has 2 fully saturated rings. The van der Waals surface area contributed by atoms with Gasteiger partial charge in [0.05, 0.1) is 5.04 Å². The Morgan fingerprint density at radius 2 is 1.97 bits per heavy atom. The maximum absolute atomic E-state index is 12.3. The van der Waals surface area contributed by atoms with Gasteiger partial charge in [-0.2, -0.15) is 4.98 Å². The van der Waals surface area contributed by atoms with E-state index in [9.17, 15) is 9.59 Å². The van der Waals surface area contributed by atoms with Crippen LogP contribution in [0.3, 0.4) is 0 Å². The lowest BCUT2D eigenvalue weighted by atomic mass is 10.1. The van der Waals surface area contributed by atoms with Crippen molar-refractivity contribution < 1.29 is 18.8 Å². The summed E-state index contributed by atoms with van der Waals surface area (Å²) in [5.41, 5.74) is 2.23. The van der Waals surface area contributed by atoms with Gasteiger partial charge < -0.3 is 19.5 Å². The minimum absolute atomic E-state index is 0.0332. The number of ether oxygens (including phenoxy) is 1. The lowest BCUT2D eigenvalue weighted by Gasteiger charge is -2.19. The van der Waals surface area contributed by atoms with Gasteiger partial charge in [-0.3, -0.25) is 20.4 Å². The van der Waals surface area contributed by atoms with Crippen LogP contribution in [0.25, 0.3) is 11.4 Å². The van der Waals surface area contributed by atoms with Gasteiger partial charge in [0, 0.05) is 48.5 Å². The van der Waals surface area contributed by atoms with Gasteiger partial charge in [-0.1, -0.05) is 42.9 Å². The van der Waals surface area contributed by atoms with E-state index in [2.05, 4.69) is 15.5 Å². The lowest BCUT2D eigenvalue weighted by Crippen LogP contribution is -2.24. The first-order valence-corrected chi connectivity index (χ1v) is 13.8. The number of hydrogen-bond donors (Lipinski definition) is 3. The molecule has 2 aliphatic rings. The molecule has 39 heavy (non-hydrogen) atoms. The monoisotopic (exact) mass is 546 g/mol. The van der Waals surface area contributed by atoms with E-state index in [0.29, 0.717) is 76.8 Å². The molecule has 0 bridgehead atoms. The van der Waals surface area contributed by atoms with E-state index >= 15 is 0 Å². The van der Waals surface area contributed by atoms with Crippen LogP contribution in [0.5, 0.6) is 11.5 Å². The van der Waals surface area contributed by atoms with Gasteiger partial charge in [-0.15, -0.1) is 0 Å². The number of aromatic nitrogens is 2. The Bertz CT molecular complexity index is 1420. The third-order valence-corrected chi connectivity index (χ3v) is 7.80. The normalized spacial score (nSPS) is 17.1. The fourth-order valence-corrected chi connectivity index (χ4v) is 5.09. The zero-order valence-corrected chi connectivity index (χ0v) is 22.6. The van der Waals surface area contributed by atoms with E-state index in [1.807, 2.05) is 36.9 Å². The summed E-state index contributed by atoms with van der Waals surface area (Å²) in [6.45, 7) is 5.00. The molecule has 3 heterocycles. The first kappa shape index (κ1) is 26.6. The van der Waals surface area contributed by atoms with E-state index in [-0.39, 0.29) is 23.8 Å². The summed E-state index contributed by atoms with van der Waals surface area (Å²) in [6.07, 6.45) is 2.44. The summed E-state index contributed by atoms with van der Waals surface area (Å²) in [5.74, 6) is 2.04. The highest BCUT2D eigenvalue weighted by atomic mass is 32.2. The third-order valence-electron chi connectivity index (χ3n) is 6.67. The molecule has 202 valence electrons. The third kappa shape index (κ3) is 6.19. The Hall–Kier alpha value is -3.99. The zero-order chi connectivity index (χ0) is 27.5. The molecule has 3 aromatic rings. The van der Waals surface area contributed by atoms with Crippen molar-refractivity contribution in [3.8, 4) is 22.9 Å². The molecule has 0 spiro atoms. The van der Waals surface area contributed by atoms with Gasteiger partial charge >= 0.3 is 0 Å². The number of carbonyl (C=O) groups is 2. The minimum atomic E-state index is -0.283. The molecule has 2 saturated heterocycles. The summed E-state index contributed by atoms with van der Waals surface area (Å²) < 4.78 is 11.7. The molecule has 1 aromatic heterocycles. The van der Waals surface area contributed by atoms with Gasteiger partial charge in [0.2, 0.25) is 23.5 Å². The minimum Gasteiger partial charge on any atom is -0.457 e. The fourth-order valence-electron chi connectivity index (χ4n) is 4.38. The molecular formula is C28H30N6O4S. The summed E-state index contributed by atoms with van der Waals surface area (Å²) in [5, 5.41) is 24.0.